The van der Waals surface area contributed by atoms with Crippen molar-refractivity contribution in [2.45, 2.75) is 11.6 Å². The minimum atomic E-state index is -0.587. The predicted molar refractivity (Wildman–Crippen MR) is 105 cm³/mol. The van der Waals surface area contributed by atoms with Gasteiger partial charge in [0.1, 0.15) is 10.8 Å². The van der Waals surface area contributed by atoms with Crippen LogP contribution in [0.3, 0.4) is 0 Å². The molecule has 1 heterocycles. The summed E-state index contributed by atoms with van der Waals surface area (Å²) in [5.41, 5.74) is 1.67. The van der Waals surface area contributed by atoms with E-state index >= 15 is 0 Å². The molecule has 8 heteroatoms. The normalized spacial score (nSPS) is 10.5. The molecule has 0 spiro atoms. The number of aromatic nitrogens is 3. The maximum absolute atomic E-state index is 12.4. The van der Waals surface area contributed by atoms with Crippen LogP contribution in [-0.2, 0) is 11.3 Å². The minimum absolute atomic E-state index is 0.0430. The molecule has 0 bridgehead atoms. The van der Waals surface area contributed by atoms with E-state index in [1.807, 2.05) is 42.5 Å². The first-order valence-corrected chi connectivity index (χ1v) is 9.46. The average Bonchev–Trinajstić information content (AvgIpc) is 3.15. The summed E-state index contributed by atoms with van der Waals surface area (Å²) in [5, 5.41) is 8.52. The molecule has 0 aliphatic carbocycles. The van der Waals surface area contributed by atoms with Crippen LogP contribution in [0.4, 0.5) is 0 Å². The summed E-state index contributed by atoms with van der Waals surface area (Å²) in [6, 6.07) is 16.5. The fourth-order valence-electron chi connectivity index (χ4n) is 2.52. The Morgan fingerprint density at radius 2 is 1.75 bits per heavy atom. The fourth-order valence-corrected chi connectivity index (χ4v) is 3.47. The molecule has 144 valence electrons. The number of esters is 1. The number of nitrogens with zero attached hydrogens (tertiary/aromatic N) is 3. The molecule has 3 rings (SSSR count). The third-order valence-electron chi connectivity index (χ3n) is 4.00. The van der Waals surface area contributed by atoms with Gasteiger partial charge in [0.25, 0.3) is 0 Å². The van der Waals surface area contributed by atoms with E-state index in [9.17, 15) is 9.59 Å². The standard InChI is InChI=1S/C20H19N3O4S/c1-26-16-10-8-14(9-11-16)12-23-19(18(21-22-23)20(25)27-2)28-13-17(24)15-6-4-3-5-7-15/h3-11H,12-13H2,1-2H3. The molecule has 0 N–H and O–H groups in total. The van der Waals surface area contributed by atoms with Crippen LogP contribution in [0.15, 0.2) is 59.6 Å². The number of methoxy groups -OCH3 is 2. The van der Waals surface area contributed by atoms with Crippen LogP contribution in [0.25, 0.3) is 0 Å². The second-order valence-corrected chi connectivity index (χ2v) is 6.78. The number of hydrogen-bond donors (Lipinski definition) is 0. The second kappa shape index (κ2) is 9.18. The first kappa shape index (κ1) is 19.6. The average molecular weight is 397 g/mol. The molecule has 0 saturated carbocycles. The molecule has 1 aromatic heterocycles. The summed E-state index contributed by atoms with van der Waals surface area (Å²) in [4.78, 5) is 24.5. The predicted octanol–water partition coefficient (Wildman–Crippen LogP) is 3.10. The third kappa shape index (κ3) is 4.58. The van der Waals surface area contributed by atoms with Crippen LogP contribution in [0.2, 0.25) is 0 Å². The van der Waals surface area contributed by atoms with E-state index in [1.165, 1.54) is 18.9 Å². The lowest BCUT2D eigenvalue weighted by molar-refractivity contribution is 0.0589. The molecular formula is C20H19N3O4S. The Hall–Kier alpha value is -3.13. The van der Waals surface area contributed by atoms with E-state index in [0.717, 1.165) is 11.3 Å². The van der Waals surface area contributed by atoms with Gasteiger partial charge < -0.3 is 9.47 Å². The second-order valence-electron chi connectivity index (χ2n) is 5.82. The highest BCUT2D eigenvalue weighted by Crippen LogP contribution is 2.24. The molecule has 28 heavy (non-hydrogen) atoms. The number of ketones is 1. The number of rotatable bonds is 8. The Labute approximate surface area is 166 Å². The molecule has 0 amide bonds. The van der Waals surface area contributed by atoms with Crippen LogP contribution < -0.4 is 4.74 Å². The largest absolute Gasteiger partial charge is 0.497 e. The van der Waals surface area contributed by atoms with Crippen molar-refractivity contribution in [1.82, 2.24) is 15.0 Å². The summed E-state index contributed by atoms with van der Waals surface area (Å²) in [7, 11) is 2.89. The van der Waals surface area contributed by atoms with Gasteiger partial charge >= 0.3 is 5.97 Å². The lowest BCUT2D eigenvalue weighted by atomic mass is 10.2. The molecule has 0 fully saturated rings. The number of ether oxygens (including phenoxy) is 2. The maximum Gasteiger partial charge on any atom is 0.361 e. The zero-order valence-electron chi connectivity index (χ0n) is 15.5. The van der Waals surface area contributed by atoms with Crippen molar-refractivity contribution >= 4 is 23.5 Å². The fraction of sp³-hybridized carbons (Fsp3) is 0.200. The molecule has 0 aliphatic heterocycles. The Morgan fingerprint density at radius 1 is 1.04 bits per heavy atom. The smallest absolute Gasteiger partial charge is 0.361 e. The van der Waals surface area contributed by atoms with Crippen LogP contribution in [0.1, 0.15) is 26.4 Å². The van der Waals surface area contributed by atoms with Crippen LogP contribution >= 0.6 is 11.8 Å². The Balaban J connectivity index is 1.81. The van der Waals surface area contributed by atoms with Gasteiger partial charge in [0.05, 0.1) is 26.5 Å². The molecule has 0 unspecified atom stereocenters. The van der Waals surface area contributed by atoms with Crippen LogP contribution in [0, 0.1) is 0 Å². The van der Waals surface area contributed by atoms with E-state index in [2.05, 4.69) is 10.3 Å². The molecular weight excluding hydrogens is 378 g/mol. The van der Waals surface area contributed by atoms with Crippen LogP contribution in [-0.4, -0.2) is 46.7 Å². The number of benzene rings is 2. The summed E-state index contributed by atoms with van der Waals surface area (Å²) in [5.74, 6) is 0.277. The lowest BCUT2D eigenvalue weighted by Crippen LogP contribution is -2.09. The van der Waals surface area contributed by atoms with Crippen molar-refractivity contribution in [3.05, 3.63) is 71.4 Å². The number of thioether (sulfide) groups is 1. The SMILES string of the molecule is COC(=O)c1nnn(Cc2ccc(OC)cc2)c1SCC(=O)c1ccccc1. The van der Waals surface area contributed by atoms with Gasteiger partial charge in [-0.05, 0) is 17.7 Å². The summed E-state index contributed by atoms with van der Waals surface area (Å²) >= 11 is 1.22. The summed E-state index contributed by atoms with van der Waals surface area (Å²) in [6.07, 6.45) is 0. The van der Waals surface area contributed by atoms with Crippen molar-refractivity contribution < 1.29 is 19.1 Å². The summed E-state index contributed by atoms with van der Waals surface area (Å²) in [6.45, 7) is 0.399. The van der Waals surface area contributed by atoms with Gasteiger partial charge in [-0.25, -0.2) is 9.48 Å². The van der Waals surface area contributed by atoms with Crippen molar-refractivity contribution in [2.24, 2.45) is 0 Å². The first-order chi connectivity index (χ1) is 13.6. The van der Waals surface area contributed by atoms with E-state index in [1.54, 1.807) is 23.9 Å². The molecule has 0 atom stereocenters. The van der Waals surface area contributed by atoms with Gasteiger partial charge in [-0.3, -0.25) is 4.79 Å². The molecule has 3 aromatic rings. The van der Waals surface area contributed by atoms with Gasteiger partial charge in [-0.2, -0.15) is 0 Å². The lowest BCUT2D eigenvalue weighted by Gasteiger charge is -2.08. The van der Waals surface area contributed by atoms with Crippen molar-refractivity contribution in [1.29, 1.82) is 0 Å². The monoisotopic (exact) mass is 397 g/mol. The maximum atomic E-state index is 12.4. The molecule has 0 radical (unpaired) electrons. The van der Waals surface area contributed by atoms with Gasteiger partial charge in [0.15, 0.2) is 5.78 Å². The molecule has 7 nitrogen and oxygen atoms in total. The van der Waals surface area contributed by atoms with Gasteiger partial charge in [0, 0.05) is 5.56 Å². The van der Waals surface area contributed by atoms with Gasteiger partial charge in [-0.15, -0.1) is 5.10 Å². The van der Waals surface area contributed by atoms with Crippen molar-refractivity contribution in [3.8, 4) is 5.75 Å². The topological polar surface area (TPSA) is 83.3 Å². The van der Waals surface area contributed by atoms with Crippen molar-refractivity contribution in [2.75, 3.05) is 20.0 Å². The van der Waals surface area contributed by atoms with E-state index < -0.39 is 5.97 Å². The van der Waals surface area contributed by atoms with E-state index in [0.29, 0.717) is 17.1 Å². The first-order valence-electron chi connectivity index (χ1n) is 8.48. The zero-order valence-corrected chi connectivity index (χ0v) is 16.3. The minimum Gasteiger partial charge on any atom is -0.497 e. The van der Waals surface area contributed by atoms with Crippen LogP contribution in [0.5, 0.6) is 5.75 Å². The molecule has 0 saturated heterocycles. The van der Waals surface area contributed by atoms with E-state index in [4.69, 9.17) is 9.47 Å². The van der Waals surface area contributed by atoms with E-state index in [-0.39, 0.29) is 17.2 Å². The zero-order chi connectivity index (χ0) is 19.9. The van der Waals surface area contributed by atoms with Crippen molar-refractivity contribution in [3.63, 3.8) is 0 Å². The molecule has 0 aliphatic rings. The highest BCUT2D eigenvalue weighted by atomic mass is 32.2. The van der Waals surface area contributed by atoms with Gasteiger partial charge in [0.2, 0.25) is 5.69 Å². The number of hydrogen-bond acceptors (Lipinski definition) is 7. The third-order valence-corrected chi connectivity index (χ3v) is 5.08. The van der Waals surface area contributed by atoms with Gasteiger partial charge in [-0.1, -0.05) is 59.4 Å². The Bertz CT molecular complexity index is 955. The highest BCUT2D eigenvalue weighted by Gasteiger charge is 2.22. The highest BCUT2D eigenvalue weighted by molar-refractivity contribution is 8.00. The molecule has 2 aromatic carbocycles. The quantitative estimate of drug-likeness (QED) is 0.328. The number of carbonyl (C=O) groups excluding carboxylic acids is 2. The Kier molecular flexibility index (Phi) is 6.44. The summed E-state index contributed by atoms with van der Waals surface area (Å²) < 4.78 is 11.5. The number of carbonyl (C=O) groups is 2. The Morgan fingerprint density at radius 3 is 2.39 bits per heavy atom. The number of Topliss-reactive ketones (excluding diaryl/α,β-unsaturated/α-hetero) is 1.